The van der Waals surface area contributed by atoms with E-state index in [9.17, 15) is 0 Å². The number of hydrogen-bond donors (Lipinski definition) is 1. The summed E-state index contributed by atoms with van der Waals surface area (Å²) in [6.07, 6.45) is 4.06. The van der Waals surface area contributed by atoms with Crippen LogP contribution < -0.4 is 5.43 Å². The van der Waals surface area contributed by atoms with Crippen molar-refractivity contribution in [3.63, 3.8) is 0 Å². The summed E-state index contributed by atoms with van der Waals surface area (Å²) in [5.41, 5.74) is 3.33. The highest BCUT2D eigenvalue weighted by Crippen LogP contribution is 2.05. The van der Waals surface area contributed by atoms with Crippen LogP contribution >= 0.6 is 0 Å². The lowest BCUT2D eigenvalue weighted by molar-refractivity contribution is 0.121. The summed E-state index contributed by atoms with van der Waals surface area (Å²) in [5, 5.41) is 2.29. The molecule has 1 fully saturated rings. The van der Waals surface area contributed by atoms with Gasteiger partial charge < -0.3 is 4.74 Å². The maximum Gasteiger partial charge on any atom is 0.0601 e. The highest BCUT2D eigenvalue weighted by molar-refractivity contribution is 4.59. The second-order valence-electron chi connectivity index (χ2n) is 2.95. The van der Waals surface area contributed by atoms with Crippen molar-refractivity contribution < 1.29 is 4.74 Å². The minimum absolute atomic E-state index is 0.802. The van der Waals surface area contributed by atoms with Crippen molar-refractivity contribution in [1.29, 1.82) is 0 Å². The molecule has 1 heterocycles. The van der Waals surface area contributed by atoms with Gasteiger partial charge in [0, 0.05) is 26.7 Å². The Morgan fingerprint density at radius 2 is 2.00 bits per heavy atom. The van der Waals surface area contributed by atoms with Crippen LogP contribution in [0.25, 0.3) is 0 Å². The number of methoxy groups -OCH3 is 1. The van der Waals surface area contributed by atoms with Crippen molar-refractivity contribution in [1.82, 2.24) is 10.4 Å². The predicted molar refractivity (Wildman–Crippen MR) is 45.3 cm³/mol. The van der Waals surface area contributed by atoms with Crippen molar-refractivity contribution in [3.8, 4) is 0 Å². The van der Waals surface area contributed by atoms with Crippen molar-refractivity contribution in [2.24, 2.45) is 0 Å². The monoisotopic (exact) mass is 158 g/mol. The molecule has 0 aromatic rings. The first-order valence-corrected chi connectivity index (χ1v) is 4.41. The van der Waals surface area contributed by atoms with Gasteiger partial charge in [-0.15, -0.1) is 0 Å². The summed E-state index contributed by atoms with van der Waals surface area (Å²) >= 11 is 0. The van der Waals surface area contributed by atoms with Crippen molar-refractivity contribution >= 4 is 0 Å². The van der Waals surface area contributed by atoms with Crippen LogP contribution in [0.3, 0.4) is 0 Å². The molecule has 1 aliphatic heterocycles. The van der Waals surface area contributed by atoms with Gasteiger partial charge in [0.05, 0.1) is 6.61 Å². The molecule has 0 spiro atoms. The SMILES string of the molecule is COCCNN1CCCCC1. The van der Waals surface area contributed by atoms with Crippen molar-refractivity contribution in [3.05, 3.63) is 0 Å². The second kappa shape index (κ2) is 5.52. The van der Waals surface area contributed by atoms with Gasteiger partial charge in [-0.1, -0.05) is 6.42 Å². The fourth-order valence-corrected chi connectivity index (χ4v) is 1.36. The fourth-order valence-electron chi connectivity index (χ4n) is 1.36. The van der Waals surface area contributed by atoms with Crippen LogP contribution in [0.1, 0.15) is 19.3 Å². The molecule has 0 unspecified atom stereocenters. The topological polar surface area (TPSA) is 24.5 Å². The molecule has 11 heavy (non-hydrogen) atoms. The summed E-state index contributed by atoms with van der Waals surface area (Å²) in [6.45, 7) is 4.14. The van der Waals surface area contributed by atoms with Gasteiger partial charge in [-0.3, -0.25) is 5.43 Å². The zero-order chi connectivity index (χ0) is 7.94. The van der Waals surface area contributed by atoms with E-state index in [1.165, 1.54) is 32.4 Å². The van der Waals surface area contributed by atoms with Gasteiger partial charge in [0.15, 0.2) is 0 Å². The largest absolute Gasteiger partial charge is 0.383 e. The van der Waals surface area contributed by atoms with Gasteiger partial charge in [-0.25, -0.2) is 5.01 Å². The Hall–Kier alpha value is -0.120. The van der Waals surface area contributed by atoms with Gasteiger partial charge in [0.25, 0.3) is 0 Å². The Morgan fingerprint density at radius 1 is 1.27 bits per heavy atom. The first-order chi connectivity index (χ1) is 5.43. The van der Waals surface area contributed by atoms with Gasteiger partial charge in [0.2, 0.25) is 0 Å². The molecule has 3 heteroatoms. The third kappa shape index (κ3) is 3.70. The lowest BCUT2D eigenvalue weighted by Crippen LogP contribution is -2.42. The Labute approximate surface area is 68.7 Å². The summed E-state index contributed by atoms with van der Waals surface area (Å²) < 4.78 is 4.94. The zero-order valence-electron chi connectivity index (χ0n) is 7.31. The molecule has 3 nitrogen and oxygen atoms in total. The van der Waals surface area contributed by atoms with Crippen LogP contribution in [-0.2, 0) is 4.74 Å². The van der Waals surface area contributed by atoms with E-state index < -0.39 is 0 Å². The average Bonchev–Trinajstić information content (AvgIpc) is 2.07. The van der Waals surface area contributed by atoms with Gasteiger partial charge in [0.1, 0.15) is 0 Å². The summed E-state index contributed by atoms with van der Waals surface area (Å²) in [6, 6.07) is 0. The van der Waals surface area contributed by atoms with E-state index >= 15 is 0 Å². The standard InChI is InChI=1S/C8H18N2O/c1-11-8-5-9-10-6-3-2-4-7-10/h9H,2-8H2,1H3. The Bertz CT molecular complexity index is 92.1. The van der Waals surface area contributed by atoms with Crippen LogP contribution in [0.5, 0.6) is 0 Å². The van der Waals surface area contributed by atoms with E-state index in [0.29, 0.717) is 0 Å². The molecule has 0 radical (unpaired) electrons. The first kappa shape index (κ1) is 8.97. The highest BCUT2D eigenvalue weighted by Gasteiger charge is 2.07. The Balaban J connectivity index is 1.96. The third-order valence-corrected chi connectivity index (χ3v) is 2.00. The normalized spacial score (nSPS) is 20.5. The summed E-state index contributed by atoms with van der Waals surface area (Å²) in [5.74, 6) is 0. The lowest BCUT2D eigenvalue weighted by Gasteiger charge is -2.26. The fraction of sp³-hybridized carbons (Fsp3) is 1.00. The van der Waals surface area contributed by atoms with E-state index in [1.807, 2.05) is 0 Å². The molecule has 66 valence electrons. The quantitative estimate of drug-likeness (QED) is 0.607. The third-order valence-electron chi connectivity index (χ3n) is 2.00. The van der Waals surface area contributed by atoms with Gasteiger partial charge in [-0.05, 0) is 12.8 Å². The smallest absolute Gasteiger partial charge is 0.0601 e. The number of hydrogen-bond acceptors (Lipinski definition) is 3. The van der Waals surface area contributed by atoms with E-state index in [-0.39, 0.29) is 0 Å². The number of rotatable bonds is 4. The average molecular weight is 158 g/mol. The molecule has 0 aromatic carbocycles. The molecule has 1 saturated heterocycles. The van der Waals surface area contributed by atoms with E-state index in [2.05, 4.69) is 10.4 Å². The molecule has 0 saturated carbocycles. The Morgan fingerprint density at radius 3 is 2.64 bits per heavy atom. The molecule has 0 bridgehead atoms. The van der Waals surface area contributed by atoms with E-state index in [4.69, 9.17) is 4.74 Å². The molecule has 1 aliphatic rings. The molecule has 0 aliphatic carbocycles. The van der Waals surface area contributed by atoms with Crippen molar-refractivity contribution in [2.75, 3.05) is 33.4 Å². The lowest BCUT2D eigenvalue weighted by atomic mass is 10.2. The number of ether oxygens (including phenoxy) is 1. The molecule has 0 atom stereocenters. The number of nitrogens with zero attached hydrogens (tertiary/aromatic N) is 1. The molecular weight excluding hydrogens is 140 g/mol. The second-order valence-corrected chi connectivity index (χ2v) is 2.95. The van der Waals surface area contributed by atoms with Crippen LogP contribution in [0.2, 0.25) is 0 Å². The van der Waals surface area contributed by atoms with Crippen LogP contribution in [0, 0.1) is 0 Å². The van der Waals surface area contributed by atoms with Crippen LogP contribution in [-0.4, -0.2) is 38.4 Å². The van der Waals surface area contributed by atoms with E-state index in [0.717, 1.165) is 13.2 Å². The zero-order valence-corrected chi connectivity index (χ0v) is 7.31. The maximum absolute atomic E-state index is 4.94. The number of piperidine rings is 1. The maximum atomic E-state index is 4.94. The first-order valence-electron chi connectivity index (χ1n) is 4.41. The predicted octanol–water partition coefficient (Wildman–Crippen LogP) is 0.623. The number of hydrazine groups is 1. The molecular formula is C8H18N2O. The molecule has 1 N–H and O–H groups in total. The minimum atomic E-state index is 0.802. The van der Waals surface area contributed by atoms with Crippen LogP contribution in [0.4, 0.5) is 0 Å². The van der Waals surface area contributed by atoms with Crippen molar-refractivity contribution in [2.45, 2.75) is 19.3 Å². The van der Waals surface area contributed by atoms with Crippen LogP contribution in [0.15, 0.2) is 0 Å². The summed E-state index contributed by atoms with van der Waals surface area (Å²) in [4.78, 5) is 0. The summed E-state index contributed by atoms with van der Waals surface area (Å²) in [7, 11) is 1.73. The molecule has 0 amide bonds. The Kier molecular flexibility index (Phi) is 4.50. The van der Waals surface area contributed by atoms with E-state index in [1.54, 1.807) is 7.11 Å². The molecule has 1 rings (SSSR count). The number of nitrogens with one attached hydrogen (secondary N) is 1. The minimum Gasteiger partial charge on any atom is -0.383 e. The van der Waals surface area contributed by atoms with Gasteiger partial charge in [-0.2, -0.15) is 0 Å². The van der Waals surface area contributed by atoms with Gasteiger partial charge >= 0.3 is 0 Å². The highest BCUT2D eigenvalue weighted by atomic mass is 16.5. The molecule has 0 aromatic heterocycles.